The molecule has 0 aliphatic carbocycles. The molecule has 0 saturated carbocycles. The van der Waals surface area contributed by atoms with Crippen LogP contribution in [0, 0.1) is 11.5 Å². The van der Waals surface area contributed by atoms with Gasteiger partial charge in [-0.3, -0.25) is 0 Å². The Morgan fingerprint density at radius 3 is 1.68 bits per heavy atom. The molecule has 0 atom stereocenters. The Hall–Kier alpha value is -0.683. The molecule has 0 N–H and O–H groups in total. The van der Waals surface area contributed by atoms with E-state index in [-0.39, 0.29) is 4.49 Å². The van der Waals surface area contributed by atoms with Crippen LogP contribution in [0.3, 0.4) is 0 Å². The summed E-state index contributed by atoms with van der Waals surface area (Å²) in [6, 6.07) is 9.93. The lowest BCUT2D eigenvalue weighted by molar-refractivity contribution is 0.838. The van der Waals surface area contributed by atoms with Crippen molar-refractivity contribution in [3.05, 3.63) is 40.4 Å². The smallest absolute Gasteiger partial charge is 0.125 e. The zero-order valence-corrected chi connectivity index (χ0v) is 16.9. The summed E-state index contributed by atoms with van der Waals surface area (Å²) in [7, 11) is -1.78. The normalized spacial score (nSPS) is 11.6. The van der Waals surface area contributed by atoms with E-state index in [2.05, 4.69) is 53.0 Å². The van der Waals surface area contributed by atoms with E-state index in [1.165, 1.54) is 0 Å². The first-order valence-corrected chi connectivity index (χ1v) is 10.9. The van der Waals surface area contributed by atoms with Gasteiger partial charge in [-0.15, -0.1) is 5.54 Å². The summed E-state index contributed by atoms with van der Waals surface area (Å²) < 4.78 is 0.248. The minimum atomic E-state index is -1.78. The van der Waals surface area contributed by atoms with Gasteiger partial charge in [0.15, 0.2) is 0 Å². The molecule has 0 fully saturated rings. The maximum absolute atomic E-state index is 6.10. The summed E-state index contributed by atoms with van der Waals surface area (Å²) in [4.78, 5) is 0. The summed E-state index contributed by atoms with van der Waals surface area (Å²) in [5.74, 6) is 3.35. The maximum Gasteiger partial charge on any atom is 0.146 e. The standard InChI is InChI=1S/C19H26Cl2Si/c1-14(2)22(15(3)4,16(5)6)13-12-18(19(20)21)17-10-8-7-9-11-17/h7-11,14-16H,1-6H3. The van der Waals surface area contributed by atoms with E-state index in [0.717, 1.165) is 11.1 Å². The highest BCUT2D eigenvalue weighted by Gasteiger charge is 2.41. The second kappa shape index (κ2) is 8.25. The predicted molar refractivity (Wildman–Crippen MR) is 104 cm³/mol. The molecule has 1 aromatic carbocycles. The molecule has 120 valence electrons. The van der Waals surface area contributed by atoms with Crippen LogP contribution in [-0.2, 0) is 0 Å². The first kappa shape index (κ1) is 19.4. The van der Waals surface area contributed by atoms with Crippen LogP contribution in [0.2, 0.25) is 16.6 Å². The lowest BCUT2D eigenvalue weighted by Gasteiger charge is -2.38. The molecule has 1 rings (SSSR count). The van der Waals surface area contributed by atoms with Crippen LogP contribution < -0.4 is 0 Å². The van der Waals surface area contributed by atoms with E-state index >= 15 is 0 Å². The molecular weight excluding hydrogens is 327 g/mol. The Balaban J connectivity index is 3.41. The quantitative estimate of drug-likeness (QED) is 0.402. The van der Waals surface area contributed by atoms with Crippen molar-refractivity contribution in [2.24, 2.45) is 0 Å². The van der Waals surface area contributed by atoms with Crippen molar-refractivity contribution >= 4 is 36.8 Å². The molecule has 0 bridgehead atoms. The summed E-state index contributed by atoms with van der Waals surface area (Å²) in [5.41, 5.74) is 7.16. The molecule has 1 aromatic rings. The van der Waals surface area contributed by atoms with Crippen LogP contribution in [0.25, 0.3) is 5.57 Å². The fourth-order valence-electron chi connectivity index (χ4n) is 3.44. The molecule has 0 unspecified atom stereocenters. The van der Waals surface area contributed by atoms with Gasteiger partial charge in [0, 0.05) is 0 Å². The third-order valence-electron chi connectivity index (χ3n) is 4.52. The van der Waals surface area contributed by atoms with E-state index < -0.39 is 8.07 Å². The van der Waals surface area contributed by atoms with Crippen molar-refractivity contribution in [2.75, 3.05) is 0 Å². The molecule has 0 saturated heterocycles. The maximum atomic E-state index is 6.10. The average molecular weight is 353 g/mol. The largest absolute Gasteiger partial charge is 0.146 e. The number of hydrogen-bond donors (Lipinski definition) is 0. The molecule has 0 nitrogen and oxygen atoms in total. The molecule has 0 spiro atoms. The monoisotopic (exact) mass is 352 g/mol. The van der Waals surface area contributed by atoms with Crippen molar-refractivity contribution in [3.8, 4) is 11.5 Å². The van der Waals surface area contributed by atoms with Crippen LogP contribution in [0.4, 0.5) is 0 Å². The molecule has 0 aromatic heterocycles. The van der Waals surface area contributed by atoms with Gasteiger partial charge in [0.2, 0.25) is 0 Å². The minimum absolute atomic E-state index is 0.248. The van der Waals surface area contributed by atoms with Gasteiger partial charge < -0.3 is 0 Å². The van der Waals surface area contributed by atoms with Crippen LogP contribution in [0.1, 0.15) is 47.1 Å². The van der Waals surface area contributed by atoms with Crippen molar-refractivity contribution in [2.45, 2.75) is 58.2 Å². The van der Waals surface area contributed by atoms with Gasteiger partial charge in [0.25, 0.3) is 0 Å². The summed E-state index contributed by atoms with van der Waals surface area (Å²) >= 11 is 12.2. The van der Waals surface area contributed by atoms with Crippen LogP contribution in [0.5, 0.6) is 0 Å². The van der Waals surface area contributed by atoms with Gasteiger partial charge in [-0.05, 0) is 22.2 Å². The van der Waals surface area contributed by atoms with Crippen molar-refractivity contribution < 1.29 is 0 Å². The zero-order valence-electron chi connectivity index (χ0n) is 14.4. The van der Waals surface area contributed by atoms with Gasteiger partial charge in [-0.2, -0.15) is 0 Å². The van der Waals surface area contributed by atoms with Crippen molar-refractivity contribution in [3.63, 3.8) is 0 Å². The lowest BCUT2D eigenvalue weighted by atomic mass is 10.1. The molecule has 0 radical (unpaired) electrons. The number of halogens is 2. The van der Waals surface area contributed by atoms with E-state index in [1.54, 1.807) is 0 Å². The summed E-state index contributed by atoms with van der Waals surface area (Å²) in [6.45, 7) is 13.8. The number of allylic oxidation sites excluding steroid dienone is 1. The minimum Gasteiger partial charge on any atom is -0.125 e. The van der Waals surface area contributed by atoms with E-state index in [0.29, 0.717) is 16.6 Å². The molecular formula is C19H26Cl2Si. The number of rotatable bonds is 4. The molecule has 3 heteroatoms. The summed E-state index contributed by atoms with van der Waals surface area (Å²) in [5, 5.41) is 0. The first-order chi connectivity index (χ1) is 10.2. The Morgan fingerprint density at radius 1 is 0.864 bits per heavy atom. The highest BCUT2D eigenvalue weighted by molar-refractivity contribution is 6.90. The van der Waals surface area contributed by atoms with Crippen molar-refractivity contribution in [1.82, 2.24) is 0 Å². The first-order valence-electron chi connectivity index (χ1n) is 7.87. The Morgan fingerprint density at radius 2 is 1.32 bits per heavy atom. The van der Waals surface area contributed by atoms with Crippen molar-refractivity contribution in [1.29, 1.82) is 0 Å². The van der Waals surface area contributed by atoms with Crippen LogP contribution in [-0.4, -0.2) is 8.07 Å². The molecule has 22 heavy (non-hydrogen) atoms. The number of benzene rings is 1. The Labute approximate surface area is 146 Å². The fourth-order valence-corrected chi connectivity index (χ4v) is 8.96. The second-order valence-corrected chi connectivity index (χ2v) is 13.2. The third-order valence-corrected chi connectivity index (χ3v) is 11.2. The third kappa shape index (κ3) is 4.19. The van der Waals surface area contributed by atoms with Gasteiger partial charge in [-0.1, -0.05) is 101 Å². The van der Waals surface area contributed by atoms with Crippen LogP contribution >= 0.6 is 23.2 Å². The SMILES string of the molecule is CC(C)[Si](C#CC(=C(Cl)Cl)c1ccccc1)(C(C)C)C(C)C. The average Bonchev–Trinajstić information content (AvgIpc) is 2.42. The van der Waals surface area contributed by atoms with E-state index in [4.69, 9.17) is 23.2 Å². The molecule has 0 amide bonds. The molecule has 0 aliphatic rings. The van der Waals surface area contributed by atoms with Gasteiger partial charge in [0.05, 0.1) is 5.57 Å². The molecule has 0 heterocycles. The fraction of sp³-hybridized carbons (Fsp3) is 0.474. The molecule has 0 aliphatic heterocycles. The lowest BCUT2D eigenvalue weighted by Crippen LogP contribution is -2.43. The highest BCUT2D eigenvalue weighted by Crippen LogP contribution is 2.41. The Kier molecular flexibility index (Phi) is 7.26. The van der Waals surface area contributed by atoms with Gasteiger partial charge in [0.1, 0.15) is 12.6 Å². The predicted octanol–water partition coefficient (Wildman–Crippen LogP) is 7.05. The van der Waals surface area contributed by atoms with E-state index in [9.17, 15) is 0 Å². The highest BCUT2D eigenvalue weighted by atomic mass is 35.5. The van der Waals surface area contributed by atoms with E-state index in [1.807, 2.05) is 30.3 Å². The second-order valence-electron chi connectivity index (χ2n) is 6.65. The zero-order chi connectivity index (χ0) is 16.9. The van der Waals surface area contributed by atoms with Crippen LogP contribution in [0.15, 0.2) is 34.8 Å². The van der Waals surface area contributed by atoms with Gasteiger partial charge >= 0.3 is 0 Å². The topological polar surface area (TPSA) is 0 Å². The van der Waals surface area contributed by atoms with Gasteiger partial charge in [-0.25, -0.2) is 0 Å². The Bertz CT molecular complexity index is 549. The number of hydrogen-bond acceptors (Lipinski definition) is 0. The summed E-state index contributed by atoms with van der Waals surface area (Å²) in [6.07, 6.45) is 0.